The molecule has 0 radical (unpaired) electrons. The molecule has 2 aliphatic rings. The zero-order valence-electron chi connectivity index (χ0n) is 18.3. The second-order valence-corrected chi connectivity index (χ2v) is 7.55. The van der Waals surface area contributed by atoms with Gasteiger partial charge in [-0.05, 0) is 29.8 Å². The number of benzene rings is 2. The summed E-state index contributed by atoms with van der Waals surface area (Å²) < 4.78 is 15.9. The van der Waals surface area contributed by atoms with Crippen molar-refractivity contribution in [2.45, 2.75) is 0 Å². The van der Waals surface area contributed by atoms with Crippen LogP contribution in [0.4, 0.5) is 5.69 Å². The average Bonchev–Trinajstić information content (AvgIpc) is 3.07. The number of carbonyl (C=O) groups excluding carboxylic acids is 2. The Kier molecular flexibility index (Phi) is 6.72. The van der Waals surface area contributed by atoms with Gasteiger partial charge in [-0.1, -0.05) is 18.2 Å². The van der Waals surface area contributed by atoms with Crippen molar-refractivity contribution in [2.75, 3.05) is 58.9 Å². The molecule has 2 aromatic carbocycles. The van der Waals surface area contributed by atoms with Gasteiger partial charge in [-0.15, -0.1) is 0 Å². The first kappa shape index (κ1) is 21.9. The summed E-state index contributed by atoms with van der Waals surface area (Å²) in [6, 6.07) is 14.4. The summed E-state index contributed by atoms with van der Waals surface area (Å²) in [5.41, 5.74) is 1.93. The topological polar surface area (TPSA) is 80.3 Å². The lowest BCUT2D eigenvalue weighted by molar-refractivity contribution is -0.137. The van der Waals surface area contributed by atoms with Crippen molar-refractivity contribution in [3.8, 4) is 11.5 Å². The Balaban J connectivity index is 1.63. The molecule has 0 saturated carbocycles. The molecule has 0 atom stereocenters. The van der Waals surface area contributed by atoms with Crippen LogP contribution in [0.3, 0.4) is 0 Å². The number of carbonyl (C=O) groups is 2. The van der Waals surface area contributed by atoms with Gasteiger partial charge in [0.15, 0.2) is 0 Å². The number of methoxy groups -OCH3 is 2. The van der Waals surface area contributed by atoms with E-state index in [2.05, 4.69) is 10.2 Å². The Morgan fingerprint density at radius 1 is 0.906 bits per heavy atom. The molecule has 8 nitrogen and oxygen atoms in total. The normalized spacial score (nSPS) is 17.1. The fourth-order valence-electron chi connectivity index (χ4n) is 3.83. The monoisotopic (exact) mass is 437 g/mol. The van der Waals surface area contributed by atoms with Crippen LogP contribution in [0, 0.1) is 0 Å². The van der Waals surface area contributed by atoms with Crippen molar-refractivity contribution in [3.63, 3.8) is 0 Å². The number of nitrogens with one attached hydrogen (secondary N) is 1. The molecule has 32 heavy (non-hydrogen) atoms. The van der Waals surface area contributed by atoms with Crippen LogP contribution < -0.4 is 14.8 Å². The van der Waals surface area contributed by atoms with E-state index in [1.54, 1.807) is 44.6 Å². The smallest absolute Gasteiger partial charge is 0.278 e. The van der Waals surface area contributed by atoms with Crippen molar-refractivity contribution in [3.05, 3.63) is 59.8 Å². The first-order chi connectivity index (χ1) is 15.6. The minimum Gasteiger partial charge on any atom is -0.497 e. The van der Waals surface area contributed by atoms with Gasteiger partial charge in [0.25, 0.3) is 11.8 Å². The van der Waals surface area contributed by atoms with Gasteiger partial charge < -0.3 is 19.5 Å². The Morgan fingerprint density at radius 3 is 2.31 bits per heavy atom. The van der Waals surface area contributed by atoms with E-state index in [1.165, 1.54) is 4.90 Å². The highest BCUT2D eigenvalue weighted by Gasteiger charge is 2.39. The number of hydrogen-bond donors (Lipinski definition) is 1. The van der Waals surface area contributed by atoms with Crippen LogP contribution in [0.5, 0.6) is 11.5 Å². The van der Waals surface area contributed by atoms with E-state index in [0.717, 1.165) is 13.1 Å². The molecule has 1 fully saturated rings. The van der Waals surface area contributed by atoms with Crippen LogP contribution in [0.15, 0.2) is 54.2 Å². The fraction of sp³-hybridized carbons (Fsp3) is 0.333. The molecular weight excluding hydrogens is 410 g/mol. The summed E-state index contributed by atoms with van der Waals surface area (Å²) in [5.74, 6) is 0.691. The predicted octanol–water partition coefficient (Wildman–Crippen LogP) is 2.23. The third kappa shape index (κ3) is 4.61. The molecule has 1 saturated heterocycles. The highest BCUT2D eigenvalue weighted by atomic mass is 16.5. The van der Waals surface area contributed by atoms with Gasteiger partial charge in [-0.25, -0.2) is 0 Å². The molecule has 2 amide bonds. The van der Waals surface area contributed by atoms with Crippen LogP contribution in [-0.4, -0.2) is 75.2 Å². The summed E-state index contributed by atoms with van der Waals surface area (Å²) in [6.07, 6.45) is 0. The van der Waals surface area contributed by atoms with Crippen molar-refractivity contribution >= 4 is 23.1 Å². The highest BCUT2D eigenvalue weighted by molar-refractivity contribution is 6.36. The van der Waals surface area contributed by atoms with Gasteiger partial charge in [0.2, 0.25) is 0 Å². The van der Waals surface area contributed by atoms with E-state index in [0.29, 0.717) is 54.6 Å². The van der Waals surface area contributed by atoms with E-state index < -0.39 is 0 Å². The zero-order valence-corrected chi connectivity index (χ0v) is 18.3. The molecule has 0 aromatic heterocycles. The molecule has 0 bridgehead atoms. The van der Waals surface area contributed by atoms with E-state index in [9.17, 15) is 9.59 Å². The predicted molar refractivity (Wildman–Crippen MR) is 121 cm³/mol. The molecule has 0 spiro atoms. The van der Waals surface area contributed by atoms with Crippen LogP contribution in [0.1, 0.15) is 5.56 Å². The number of anilines is 1. The second kappa shape index (κ2) is 9.84. The van der Waals surface area contributed by atoms with E-state index in [4.69, 9.17) is 14.2 Å². The lowest BCUT2D eigenvalue weighted by Gasteiger charge is -2.28. The molecule has 2 aliphatic heterocycles. The lowest BCUT2D eigenvalue weighted by Crippen LogP contribution is -2.43. The number of amides is 2. The summed E-state index contributed by atoms with van der Waals surface area (Å²) >= 11 is 0. The number of morpholine rings is 1. The molecular formula is C24H27N3O5. The maximum Gasteiger partial charge on any atom is 0.278 e. The quantitative estimate of drug-likeness (QED) is 0.635. The van der Waals surface area contributed by atoms with E-state index >= 15 is 0 Å². The van der Waals surface area contributed by atoms with Gasteiger partial charge in [0, 0.05) is 37.9 Å². The first-order valence-electron chi connectivity index (χ1n) is 10.6. The number of rotatable bonds is 8. The van der Waals surface area contributed by atoms with E-state index in [-0.39, 0.29) is 17.5 Å². The van der Waals surface area contributed by atoms with Gasteiger partial charge >= 0.3 is 0 Å². The maximum atomic E-state index is 13.4. The molecule has 1 N–H and O–H groups in total. The van der Waals surface area contributed by atoms with Crippen LogP contribution >= 0.6 is 0 Å². The van der Waals surface area contributed by atoms with Crippen LogP contribution in [0.2, 0.25) is 0 Å². The summed E-state index contributed by atoms with van der Waals surface area (Å²) in [6.45, 7) is 3.86. The molecule has 0 aliphatic carbocycles. The Morgan fingerprint density at radius 2 is 1.62 bits per heavy atom. The summed E-state index contributed by atoms with van der Waals surface area (Å²) in [5, 5.41) is 3.16. The minimum atomic E-state index is -0.336. The molecule has 0 unspecified atom stereocenters. The third-order valence-electron chi connectivity index (χ3n) is 5.63. The molecule has 168 valence electrons. The first-order valence-corrected chi connectivity index (χ1v) is 10.6. The Hall–Kier alpha value is -3.36. The van der Waals surface area contributed by atoms with Crippen molar-refractivity contribution in [1.82, 2.24) is 9.80 Å². The van der Waals surface area contributed by atoms with Crippen molar-refractivity contribution < 1.29 is 23.8 Å². The number of hydrogen-bond acceptors (Lipinski definition) is 7. The van der Waals surface area contributed by atoms with E-state index in [1.807, 2.05) is 18.2 Å². The standard InChI is InChI=1S/C24H27N3O5/c1-30-19-8-6-17(7-9-19)21-22(25-18-4-3-5-20(16-18)31-2)24(29)27(23(21)28)11-10-26-12-14-32-15-13-26/h3-9,16,25H,10-15H2,1-2H3. The molecule has 8 heteroatoms. The fourth-order valence-corrected chi connectivity index (χ4v) is 3.83. The zero-order chi connectivity index (χ0) is 22.5. The largest absolute Gasteiger partial charge is 0.497 e. The van der Waals surface area contributed by atoms with Gasteiger partial charge in [-0.3, -0.25) is 19.4 Å². The molecule has 4 rings (SSSR count). The third-order valence-corrected chi connectivity index (χ3v) is 5.63. The summed E-state index contributed by atoms with van der Waals surface area (Å²) in [4.78, 5) is 30.2. The second-order valence-electron chi connectivity index (χ2n) is 7.55. The van der Waals surface area contributed by atoms with Crippen LogP contribution in [0.25, 0.3) is 5.57 Å². The number of ether oxygens (including phenoxy) is 3. The Bertz CT molecular complexity index is 1010. The Labute approximate surface area is 187 Å². The van der Waals surface area contributed by atoms with Gasteiger partial charge in [0.1, 0.15) is 17.2 Å². The van der Waals surface area contributed by atoms with Crippen molar-refractivity contribution in [1.29, 1.82) is 0 Å². The van der Waals surface area contributed by atoms with Gasteiger partial charge in [0.05, 0.1) is 33.0 Å². The SMILES string of the molecule is COc1ccc(C2=C(Nc3cccc(OC)c3)C(=O)N(CCN3CCOCC3)C2=O)cc1. The average molecular weight is 437 g/mol. The van der Waals surface area contributed by atoms with Gasteiger partial charge in [-0.2, -0.15) is 0 Å². The van der Waals surface area contributed by atoms with Crippen LogP contribution in [-0.2, 0) is 14.3 Å². The minimum absolute atomic E-state index is 0.260. The number of nitrogens with zero attached hydrogens (tertiary/aromatic N) is 2. The molecule has 2 heterocycles. The molecule has 2 aromatic rings. The number of imide groups is 1. The lowest BCUT2D eigenvalue weighted by atomic mass is 10.0. The summed E-state index contributed by atoms with van der Waals surface area (Å²) in [7, 11) is 3.17. The van der Waals surface area contributed by atoms with Crippen molar-refractivity contribution in [2.24, 2.45) is 0 Å². The maximum absolute atomic E-state index is 13.4. The highest BCUT2D eigenvalue weighted by Crippen LogP contribution is 2.32.